The average Bonchev–Trinajstić information content (AvgIpc) is 2.60. The first kappa shape index (κ1) is 32.5. The molecule has 0 N–H and O–H groups in total. The Morgan fingerprint density at radius 2 is 1.23 bits per heavy atom. The topological polar surface area (TPSA) is 0 Å². The minimum Gasteiger partial charge on any atom is -0.319 e. The van der Waals surface area contributed by atoms with E-state index < -0.39 is 0 Å². The summed E-state index contributed by atoms with van der Waals surface area (Å²) in [4.78, 5) is 0. The van der Waals surface area contributed by atoms with E-state index in [0.717, 1.165) is 11.8 Å². The van der Waals surface area contributed by atoms with Gasteiger partial charge in [-0.25, -0.2) is 0 Å². The molecule has 2 aromatic rings. The van der Waals surface area contributed by atoms with Crippen LogP contribution in [0.3, 0.4) is 0 Å². The van der Waals surface area contributed by atoms with Gasteiger partial charge in [0.15, 0.2) is 0 Å². The maximum atomic E-state index is 3.09. The standard InChI is InChI=1S/C16H23.C6H4.U.V.W.Y/c1-2-6-14-9-11-16(12-10-14)13-15-7-4-3-5-8-15;1-2-4-6-5-3-1;;;;/h4-5,7-8,14,16H,2,6,9-13H2,1H3;1-2,5-6H;;;;/q-1;-2;;;;. The van der Waals surface area contributed by atoms with Gasteiger partial charge < -0.3 is 12.1 Å². The molecular formula is C22H27UVWY-3. The van der Waals surface area contributed by atoms with Gasteiger partial charge in [-0.3, -0.25) is 24.3 Å². The molecule has 1 saturated carbocycles. The van der Waals surface area contributed by atoms with E-state index in [9.17, 15) is 0 Å². The summed E-state index contributed by atoms with van der Waals surface area (Å²) in [5.74, 6) is 1.97. The number of benzene rings is 2. The largest absolute Gasteiger partial charge is 0.319 e. The van der Waals surface area contributed by atoms with Crippen LogP contribution in [0.25, 0.3) is 0 Å². The quantitative estimate of drug-likeness (QED) is 0.336. The molecule has 0 aliphatic heterocycles. The van der Waals surface area contributed by atoms with Crippen LogP contribution < -0.4 is 0 Å². The summed E-state index contributed by atoms with van der Waals surface area (Å²) in [5.41, 5.74) is 1.50. The first-order valence-corrected chi connectivity index (χ1v) is 8.65. The van der Waals surface area contributed by atoms with Crippen molar-refractivity contribution in [1.82, 2.24) is 0 Å². The van der Waals surface area contributed by atoms with Crippen molar-refractivity contribution < 1.29 is 103 Å². The smallest absolute Gasteiger partial charge is 0 e. The predicted octanol–water partition coefficient (Wildman–Crippen LogP) is 5.92. The molecule has 0 atom stereocenters. The Morgan fingerprint density at radius 1 is 0.808 bits per heavy atom. The fourth-order valence-corrected chi connectivity index (χ4v) is 3.33. The van der Waals surface area contributed by atoms with E-state index in [4.69, 9.17) is 0 Å². The monoisotopic (exact) mass is 853 g/mol. The number of rotatable bonds is 4. The average molecular weight is 853 g/mol. The van der Waals surface area contributed by atoms with Crippen molar-refractivity contribution in [1.29, 1.82) is 0 Å². The van der Waals surface area contributed by atoms with Crippen LogP contribution in [0.5, 0.6) is 0 Å². The molecule has 2 radical (unpaired) electrons. The van der Waals surface area contributed by atoms with E-state index in [1.54, 1.807) is 0 Å². The van der Waals surface area contributed by atoms with Crippen LogP contribution in [0.1, 0.15) is 51.0 Å². The Bertz CT molecular complexity index is 463. The Balaban J connectivity index is -0.000000460. The van der Waals surface area contributed by atoms with Gasteiger partial charge in [-0.15, -0.1) is 0 Å². The van der Waals surface area contributed by atoms with Crippen LogP contribution in [0.4, 0.5) is 0 Å². The molecule has 1 aliphatic carbocycles. The van der Waals surface area contributed by atoms with Gasteiger partial charge in [0.05, 0.1) is 0 Å². The van der Waals surface area contributed by atoms with Crippen molar-refractivity contribution in [3.63, 3.8) is 0 Å². The summed E-state index contributed by atoms with van der Waals surface area (Å²) in [7, 11) is 0. The van der Waals surface area contributed by atoms with Gasteiger partial charge in [-0.05, 0) is 31.1 Å². The molecule has 0 unspecified atom stereocenters. The van der Waals surface area contributed by atoms with Gasteiger partial charge >= 0.3 is 0 Å². The third-order valence-electron chi connectivity index (χ3n) is 4.53. The van der Waals surface area contributed by atoms with Crippen molar-refractivity contribution >= 4 is 0 Å². The van der Waals surface area contributed by atoms with Crippen molar-refractivity contribution in [2.24, 2.45) is 11.8 Å². The molecule has 0 heterocycles. The van der Waals surface area contributed by atoms with Gasteiger partial charge in [0.2, 0.25) is 0 Å². The van der Waals surface area contributed by atoms with Gasteiger partial charge in [0.1, 0.15) is 0 Å². The summed E-state index contributed by atoms with van der Waals surface area (Å²) in [6, 6.07) is 24.6. The minimum absolute atomic E-state index is 0. The van der Waals surface area contributed by atoms with Crippen LogP contribution in [0, 0.1) is 61.1 Å². The van der Waals surface area contributed by atoms with E-state index in [0.29, 0.717) is 0 Å². The third kappa shape index (κ3) is 14.8. The molecule has 4 heteroatoms. The van der Waals surface area contributed by atoms with Crippen LogP contribution >= 0.6 is 0 Å². The Hall–Kier alpha value is 1.87. The maximum Gasteiger partial charge on any atom is 0 e. The molecule has 0 aromatic heterocycles. The van der Waals surface area contributed by atoms with Crippen molar-refractivity contribution in [3.05, 3.63) is 72.3 Å². The molecule has 0 amide bonds. The zero-order valence-corrected chi connectivity index (χ0v) is 27.0. The van der Waals surface area contributed by atoms with Crippen LogP contribution in [-0.2, 0) is 78.8 Å². The fraction of sp³-hybridized carbons (Fsp3) is 0.455. The molecule has 0 nitrogen and oxygen atoms in total. The molecular weight excluding hydrogens is 826 g/mol. The third-order valence-corrected chi connectivity index (χ3v) is 4.53. The zero-order chi connectivity index (χ0) is 15.5. The Morgan fingerprint density at radius 3 is 1.65 bits per heavy atom. The van der Waals surface area contributed by atoms with Crippen molar-refractivity contribution in [2.75, 3.05) is 0 Å². The molecule has 0 bridgehead atoms. The Kier molecular flexibility index (Phi) is 27.0. The molecule has 0 saturated heterocycles. The van der Waals surface area contributed by atoms with Gasteiger partial charge in [0, 0.05) is 103 Å². The molecule has 136 valence electrons. The SMILES string of the molecule is CCCC1CCC(Cc2cc[c-]cc2)CC1.[U].[V].[W].[Y].[c-]1cc[c-]cc1. The van der Waals surface area contributed by atoms with Crippen LogP contribution in [-0.4, -0.2) is 0 Å². The van der Waals surface area contributed by atoms with Crippen molar-refractivity contribution in [3.8, 4) is 0 Å². The van der Waals surface area contributed by atoms with Crippen molar-refractivity contribution in [2.45, 2.75) is 51.9 Å². The molecule has 0 spiro atoms. The minimum atomic E-state index is 0. The Labute approximate surface area is 236 Å². The number of hydrogen-bond acceptors (Lipinski definition) is 0. The molecule has 1 fully saturated rings. The van der Waals surface area contributed by atoms with E-state index in [1.165, 1.54) is 50.5 Å². The summed E-state index contributed by atoms with van der Waals surface area (Å²) < 4.78 is 0. The number of hydrogen-bond donors (Lipinski definition) is 0. The molecule has 3 rings (SSSR count). The van der Waals surface area contributed by atoms with Crippen LogP contribution in [0.2, 0.25) is 0 Å². The molecule has 26 heavy (non-hydrogen) atoms. The van der Waals surface area contributed by atoms with Gasteiger partial charge in [-0.1, -0.05) is 32.6 Å². The van der Waals surface area contributed by atoms with E-state index in [-0.39, 0.29) is 103 Å². The van der Waals surface area contributed by atoms with Gasteiger partial charge in [-0.2, -0.15) is 35.9 Å². The second-order valence-electron chi connectivity index (χ2n) is 6.29. The summed E-state index contributed by atoms with van der Waals surface area (Å²) in [6.45, 7) is 2.31. The van der Waals surface area contributed by atoms with Crippen LogP contribution in [0.15, 0.2) is 48.5 Å². The summed E-state index contributed by atoms with van der Waals surface area (Å²) in [5, 5.41) is 0. The first-order chi connectivity index (χ1) is 10.9. The second-order valence-corrected chi connectivity index (χ2v) is 6.29. The van der Waals surface area contributed by atoms with E-state index in [2.05, 4.69) is 37.3 Å². The molecule has 2 aromatic carbocycles. The summed E-state index contributed by atoms with van der Waals surface area (Å²) >= 11 is 0. The first-order valence-electron chi connectivity index (χ1n) is 8.65. The fourth-order valence-electron chi connectivity index (χ4n) is 3.33. The normalized spacial score (nSPS) is 17.6. The zero-order valence-electron chi connectivity index (χ0n) is 15.7. The maximum absolute atomic E-state index is 3.09. The van der Waals surface area contributed by atoms with E-state index >= 15 is 0 Å². The second kappa shape index (κ2) is 21.6. The summed E-state index contributed by atoms with van der Waals surface area (Å²) in [6.07, 6.45) is 9.94. The van der Waals surface area contributed by atoms with Gasteiger partial charge in [0.25, 0.3) is 0 Å². The molecule has 1 aliphatic rings. The predicted molar refractivity (Wildman–Crippen MR) is 93.5 cm³/mol. The van der Waals surface area contributed by atoms with E-state index in [1.807, 2.05) is 36.4 Å².